The fourth-order valence-electron chi connectivity index (χ4n) is 3.27. The quantitative estimate of drug-likeness (QED) is 0.764. The number of carbonyl (C=O) groups is 1. The molecule has 22 heavy (non-hydrogen) atoms. The molecule has 128 valence electrons. The molecule has 1 aliphatic heterocycles. The molecule has 1 N–H and O–H groups in total. The summed E-state index contributed by atoms with van der Waals surface area (Å²) in [6, 6.07) is 0. The highest BCUT2D eigenvalue weighted by molar-refractivity contribution is 5.76. The van der Waals surface area contributed by atoms with Crippen LogP contribution in [0, 0.1) is 10.8 Å². The van der Waals surface area contributed by atoms with Crippen LogP contribution in [0.5, 0.6) is 0 Å². The molecule has 1 saturated heterocycles. The SMILES string of the molecule is CCOC(=O)C(C)(C)CNCC1(C)CCC2(CC1)OCCO2. The lowest BCUT2D eigenvalue weighted by Gasteiger charge is -2.42. The molecule has 2 aliphatic rings. The van der Waals surface area contributed by atoms with Gasteiger partial charge in [-0.3, -0.25) is 4.79 Å². The van der Waals surface area contributed by atoms with E-state index >= 15 is 0 Å². The Bertz CT molecular complexity index is 378. The Morgan fingerprint density at radius 3 is 2.32 bits per heavy atom. The predicted octanol–water partition coefficient (Wildman–Crippen LogP) is 2.49. The van der Waals surface area contributed by atoms with Gasteiger partial charge in [-0.25, -0.2) is 0 Å². The topological polar surface area (TPSA) is 56.8 Å². The Morgan fingerprint density at radius 2 is 1.77 bits per heavy atom. The summed E-state index contributed by atoms with van der Waals surface area (Å²) in [5, 5.41) is 3.47. The summed E-state index contributed by atoms with van der Waals surface area (Å²) < 4.78 is 16.7. The van der Waals surface area contributed by atoms with E-state index in [0.29, 0.717) is 13.2 Å². The molecule has 1 spiro atoms. The van der Waals surface area contributed by atoms with Gasteiger partial charge in [-0.15, -0.1) is 0 Å². The molecule has 0 aromatic rings. The molecule has 2 rings (SSSR count). The van der Waals surface area contributed by atoms with Gasteiger partial charge in [0, 0.05) is 25.9 Å². The second kappa shape index (κ2) is 6.85. The van der Waals surface area contributed by atoms with E-state index in [1.807, 2.05) is 20.8 Å². The predicted molar refractivity (Wildman–Crippen MR) is 84.5 cm³/mol. The molecule has 2 fully saturated rings. The third-order valence-electron chi connectivity index (χ3n) is 4.98. The highest BCUT2D eigenvalue weighted by Gasteiger charge is 2.44. The van der Waals surface area contributed by atoms with Gasteiger partial charge in [0.15, 0.2) is 5.79 Å². The summed E-state index contributed by atoms with van der Waals surface area (Å²) >= 11 is 0. The summed E-state index contributed by atoms with van der Waals surface area (Å²) in [5.74, 6) is -0.438. The van der Waals surface area contributed by atoms with Gasteiger partial charge in [-0.05, 0) is 39.0 Å². The van der Waals surface area contributed by atoms with Crippen LogP contribution in [-0.2, 0) is 19.0 Å². The van der Waals surface area contributed by atoms with Crippen LogP contribution in [0.1, 0.15) is 53.4 Å². The zero-order valence-corrected chi connectivity index (χ0v) is 14.5. The van der Waals surface area contributed by atoms with Crippen LogP contribution >= 0.6 is 0 Å². The average Bonchev–Trinajstić information content (AvgIpc) is 2.92. The van der Waals surface area contributed by atoms with E-state index in [2.05, 4.69) is 12.2 Å². The highest BCUT2D eigenvalue weighted by atomic mass is 16.7. The first-order valence-corrected chi connectivity index (χ1v) is 8.47. The highest BCUT2D eigenvalue weighted by Crippen LogP contribution is 2.44. The van der Waals surface area contributed by atoms with E-state index in [1.165, 1.54) is 0 Å². The lowest BCUT2D eigenvalue weighted by molar-refractivity contribution is -0.190. The molecule has 5 heteroatoms. The van der Waals surface area contributed by atoms with Crippen molar-refractivity contribution in [3.63, 3.8) is 0 Å². The zero-order valence-electron chi connectivity index (χ0n) is 14.5. The minimum atomic E-state index is -0.486. The van der Waals surface area contributed by atoms with Crippen LogP contribution in [-0.4, -0.2) is 44.7 Å². The molecule has 0 radical (unpaired) electrons. The lowest BCUT2D eigenvalue weighted by atomic mass is 9.73. The second-order valence-corrected chi connectivity index (χ2v) is 7.63. The molecule has 0 bridgehead atoms. The van der Waals surface area contributed by atoms with Gasteiger partial charge in [-0.1, -0.05) is 6.92 Å². The third kappa shape index (κ3) is 4.21. The first-order valence-electron chi connectivity index (χ1n) is 8.47. The Morgan fingerprint density at radius 1 is 1.18 bits per heavy atom. The number of carbonyl (C=O) groups excluding carboxylic acids is 1. The molecule has 0 atom stereocenters. The van der Waals surface area contributed by atoms with Crippen molar-refractivity contribution in [2.45, 2.75) is 59.2 Å². The molecular formula is C17H31NO4. The molecule has 1 heterocycles. The summed E-state index contributed by atoms with van der Waals surface area (Å²) in [6.45, 7) is 11.4. The first-order chi connectivity index (χ1) is 10.3. The number of esters is 1. The van der Waals surface area contributed by atoms with Crippen molar-refractivity contribution in [2.24, 2.45) is 10.8 Å². The van der Waals surface area contributed by atoms with E-state index in [4.69, 9.17) is 14.2 Å². The van der Waals surface area contributed by atoms with E-state index in [0.717, 1.165) is 45.4 Å². The van der Waals surface area contributed by atoms with Gasteiger partial charge in [-0.2, -0.15) is 0 Å². The maximum absolute atomic E-state index is 11.9. The summed E-state index contributed by atoms with van der Waals surface area (Å²) in [4.78, 5) is 11.9. The smallest absolute Gasteiger partial charge is 0.312 e. The van der Waals surface area contributed by atoms with Gasteiger partial charge < -0.3 is 19.5 Å². The Labute approximate surface area is 134 Å². The van der Waals surface area contributed by atoms with E-state index in [-0.39, 0.29) is 17.2 Å². The normalized spacial score (nSPS) is 23.6. The molecule has 5 nitrogen and oxygen atoms in total. The van der Waals surface area contributed by atoms with Crippen molar-refractivity contribution in [1.82, 2.24) is 5.32 Å². The van der Waals surface area contributed by atoms with Crippen LogP contribution in [0.15, 0.2) is 0 Å². The number of hydrogen-bond donors (Lipinski definition) is 1. The molecule has 0 amide bonds. The molecule has 0 aromatic heterocycles. The molecule has 1 aliphatic carbocycles. The molecule has 0 aromatic carbocycles. The van der Waals surface area contributed by atoms with Crippen LogP contribution in [0.3, 0.4) is 0 Å². The van der Waals surface area contributed by atoms with Crippen LogP contribution in [0.25, 0.3) is 0 Å². The van der Waals surface area contributed by atoms with Crippen LogP contribution in [0.2, 0.25) is 0 Å². The minimum absolute atomic E-state index is 0.136. The van der Waals surface area contributed by atoms with E-state index in [9.17, 15) is 4.79 Å². The van der Waals surface area contributed by atoms with Gasteiger partial charge in [0.1, 0.15) is 0 Å². The average molecular weight is 313 g/mol. The maximum atomic E-state index is 11.9. The van der Waals surface area contributed by atoms with Crippen molar-refractivity contribution in [3.05, 3.63) is 0 Å². The van der Waals surface area contributed by atoms with Crippen LogP contribution in [0.4, 0.5) is 0 Å². The van der Waals surface area contributed by atoms with E-state index < -0.39 is 5.41 Å². The number of ether oxygens (including phenoxy) is 3. The summed E-state index contributed by atoms with van der Waals surface area (Å²) in [6.07, 6.45) is 4.10. The molecule has 0 unspecified atom stereocenters. The first kappa shape index (κ1) is 17.7. The minimum Gasteiger partial charge on any atom is -0.466 e. The van der Waals surface area contributed by atoms with Crippen molar-refractivity contribution in [1.29, 1.82) is 0 Å². The third-order valence-corrected chi connectivity index (χ3v) is 4.98. The fraction of sp³-hybridized carbons (Fsp3) is 0.941. The van der Waals surface area contributed by atoms with Crippen molar-refractivity contribution < 1.29 is 19.0 Å². The zero-order chi connectivity index (χ0) is 16.3. The van der Waals surface area contributed by atoms with Crippen molar-refractivity contribution in [2.75, 3.05) is 32.9 Å². The monoisotopic (exact) mass is 313 g/mol. The maximum Gasteiger partial charge on any atom is 0.312 e. The summed E-state index contributed by atoms with van der Waals surface area (Å²) in [7, 11) is 0. The van der Waals surface area contributed by atoms with Gasteiger partial charge in [0.05, 0.1) is 25.2 Å². The van der Waals surface area contributed by atoms with Gasteiger partial charge in [0.2, 0.25) is 0 Å². The van der Waals surface area contributed by atoms with Crippen LogP contribution < -0.4 is 5.32 Å². The largest absolute Gasteiger partial charge is 0.466 e. The Kier molecular flexibility index (Phi) is 5.51. The fourth-order valence-corrected chi connectivity index (χ4v) is 3.27. The number of rotatable bonds is 6. The molecular weight excluding hydrogens is 282 g/mol. The Balaban J connectivity index is 1.76. The van der Waals surface area contributed by atoms with Crippen molar-refractivity contribution in [3.8, 4) is 0 Å². The van der Waals surface area contributed by atoms with E-state index in [1.54, 1.807) is 0 Å². The second-order valence-electron chi connectivity index (χ2n) is 7.63. The molecule has 1 saturated carbocycles. The lowest BCUT2D eigenvalue weighted by Crippen LogP contribution is -2.45. The Hall–Kier alpha value is -0.650. The van der Waals surface area contributed by atoms with Gasteiger partial charge >= 0.3 is 5.97 Å². The van der Waals surface area contributed by atoms with Gasteiger partial charge in [0.25, 0.3) is 0 Å². The number of hydrogen-bond acceptors (Lipinski definition) is 5. The number of nitrogens with one attached hydrogen (secondary N) is 1. The summed E-state index contributed by atoms with van der Waals surface area (Å²) in [5.41, 5.74) is -0.245. The standard InChI is InChI=1S/C17H31NO4/c1-5-20-14(19)15(2,3)12-18-13-16(4)6-8-17(9-7-16)21-10-11-22-17/h18H,5-13H2,1-4H3. The van der Waals surface area contributed by atoms with Crippen molar-refractivity contribution >= 4 is 5.97 Å².